The summed E-state index contributed by atoms with van der Waals surface area (Å²) < 4.78 is 1.82. The van der Waals surface area contributed by atoms with E-state index in [0.717, 1.165) is 22.6 Å². The highest BCUT2D eigenvalue weighted by molar-refractivity contribution is 5.75. The van der Waals surface area contributed by atoms with E-state index in [2.05, 4.69) is 10.1 Å². The van der Waals surface area contributed by atoms with Crippen molar-refractivity contribution in [2.45, 2.75) is 26.7 Å². The molecule has 2 aromatic heterocycles. The minimum absolute atomic E-state index is 0.134. The zero-order valence-corrected chi connectivity index (χ0v) is 11.3. The van der Waals surface area contributed by atoms with Crippen LogP contribution in [-0.4, -0.2) is 39.5 Å². The zero-order valence-electron chi connectivity index (χ0n) is 11.3. The summed E-state index contributed by atoms with van der Waals surface area (Å²) in [5.74, 6) is 0.134. The van der Waals surface area contributed by atoms with Crippen LogP contribution in [0.3, 0.4) is 0 Å². The summed E-state index contributed by atoms with van der Waals surface area (Å²) >= 11 is 0. The van der Waals surface area contributed by atoms with Crippen molar-refractivity contribution < 1.29 is 4.79 Å². The van der Waals surface area contributed by atoms with Gasteiger partial charge in [-0.15, -0.1) is 0 Å². The molecule has 5 heteroatoms. The largest absolute Gasteiger partial charge is 0.349 e. The Labute approximate surface area is 106 Å². The summed E-state index contributed by atoms with van der Waals surface area (Å²) in [6.45, 7) is 4.00. The molecule has 0 aliphatic carbocycles. The van der Waals surface area contributed by atoms with E-state index >= 15 is 0 Å². The number of nitrogens with zero attached hydrogens (tertiary/aromatic N) is 4. The van der Waals surface area contributed by atoms with Gasteiger partial charge in [0.2, 0.25) is 5.91 Å². The quantitative estimate of drug-likeness (QED) is 0.821. The fourth-order valence-electron chi connectivity index (χ4n) is 2.09. The number of fused-ring (bicyclic) bond motifs is 1. The lowest BCUT2D eigenvalue weighted by molar-refractivity contribution is -0.128. The Hall–Kier alpha value is -1.91. The topological polar surface area (TPSA) is 50.5 Å². The number of amides is 1. The molecule has 0 saturated carbocycles. The van der Waals surface area contributed by atoms with E-state index in [9.17, 15) is 4.79 Å². The van der Waals surface area contributed by atoms with E-state index in [-0.39, 0.29) is 5.91 Å². The minimum Gasteiger partial charge on any atom is -0.349 e. The molecule has 5 nitrogen and oxygen atoms in total. The van der Waals surface area contributed by atoms with Gasteiger partial charge >= 0.3 is 0 Å². The van der Waals surface area contributed by atoms with Crippen LogP contribution < -0.4 is 0 Å². The molecular formula is C13H18N4O. The molecule has 0 N–H and O–H groups in total. The first kappa shape index (κ1) is 12.5. The fraction of sp³-hybridized carbons (Fsp3) is 0.462. The van der Waals surface area contributed by atoms with Crippen LogP contribution >= 0.6 is 0 Å². The van der Waals surface area contributed by atoms with E-state index < -0.39 is 0 Å². The van der Waals surface area contributed by atoms with Crippen molar-refractivity contribution in [1.82, 2.24) is 19.5 Å². The number of rotatable bonds is 3. The molecule has 2 heterocycles. The van der Waals surface area contributed by atoms with Crippen molar-refractivity contribution in [2.75, 3.05) is 14.1 Å². The Kier molecular flexibility index (Phi) is 3.32. The molecule has 0 fully saturated rings. The summed E-state index contributed by atoms with van der Waals surface area (Å²) in [5.41, 5.74) is 4.01. The summed E-state index contributed by atoms with van der Waals surface area (Å²) in [6.07, 6.45) is 2.95. The second kappa shape index (κ2) is 4.76. The number of hydrogen-bond acceptors (Lipinski definition) is 3. The summed E-state index contributed by atoms with van der Waals surface area (Å²) in [5, 5.41) is 4.24. The Balaban J connectivity index is 2.30. The Morgan fingerprint density at radius 3 is 2.78 bits per heavy atom. The second-order valence-electron chi connectivity index (χ2n) is 4.65. The molecule has 2 aromatic rings. The van der Waals surface area contributed by atoms with Gasteiger partial charge < -0.3 is 4.90 Å². The third-order valence-electron chi connectivity index (χ3n) is 3.18. The average molecular weight is 246 g/mol. The highest BCUT2D eigenvalue weighted by atomic mass is 16.2. The predicted octanol–water partition coefficient (Wildman–Crippen LogP) is 1.37. The monoisotopic (exact) mass is 246 g/mol. The van der Waals surface area contributed by atoms with Gasteiger partial charge in [-0.2, -0.15) is 5.10 Å². The molecule has 0 unspecified atom stereocenters. The molecule has 2 rings (SSSR count). The summed E-state index contributed by atoms with van der Waals surface area (Å²) in [6, 6.07) is 1.88. The highest BCUT2D eigenvalue weighted by Crippen LogP contribution is 2.16. The number of hydrogen-bond donors (Lipinski definition) is 0. The second-order valence-corrected chi connectivity index (χ2v) is 4.65. The van der Waals surface area contributed by atoms with Crippen molar-refractivity contribution in [3.8, 4) is 0 Å². The van der Waals surface area contributed by atoms with E-state index in [1.54, 1.807) is 25.2 Å². The molecule has 0 radical (unpaired) electrons. The van der Waals surface area contributed by atoms with Crippen molar-refractivity contribution in [3.63, 3.8) is 0 Å². The normalized spacial score (nSPS) is 10.9. The van der Waals surface area contributed by atoms with Gasteiger partial charge in [0, 0.05) is 38.0 Å². The molecule has 1 amide bonds. The van der Waals surface area contributed by atoms with Crippen molar-refractivity contribution >= 4 is 11.6 Å². The van der Waals surface area contributed by atoms with Crippen LogP contribution in [0.4, 0.5) is 0 Å². The van der Waals surface area contributed by atoms with Gasteiger partial charge in [-0.1, -0.05) is 0 Å². The smallest absolute Gasteiger partial charge is 0.222 e. The van der Waals surface area contributed by atoms with Crippen LogP contribution in [0, 0.1) is 13.8 Å². The maximum Gasteiger partial charge on any atom is 0.222 e. The van der Waals surface area contributed by atoms with Crippen molar-refractivity contribution in [3.05, 3.63) is 29.2 Å². The number of carbonyl (C=O) groups excluding carboxylic acids is 1. The first-order chi connectivity index (χ1) is 8.50. The molecule has 18 heavy (non-hydrogen) atoms. The molecule has 96 valence electrons. The first-order valence-electron chi connectivity index (χ1n) is 6.00. The van der Waals surface area contributed by atoms with E-state index in [0.29, 0.717) is 12.8 Å². The number of aromatic nitrogens is 3. The van der Waals surface area contributed by atoms with E-state index in [1.165, 1.54) is 0 Å². The van der Waals surface area contributed by atoms with Crippen LogP contribution in [0.15, 0.2) is 12.3 Å². The first-order valence-corrected chi connectivity index (χ1v) is 6.00. The highest BCUT2D eigenvalue weighted by Gasteiger charge is 2.12. The number of aryl methyl sites for hydroxylation is 2. The SMILES string of the molecule is Cc1nc2ccnn2c(C)c1CCC(=O)N(C)C. The predicted molar refractivity (Wildman–Crippen MR) is 69.5 cm³/mol. The molecule has 0 aromatic carbocycles. The standard InChI is InChI=1S/C13H18N4O/c1-9-11(5-6-13(18)16(3)4)10(2)17-12(15-9)7-8-14-17/h7-8H,5-6H2,1-4H3. The van der Waals surface area contributed by atoms with E-state index in [1.807, 2.05) is 24.4 Å². The van der Waals surface area contributed by atoms with Gasteiger partial charge in [0.05, 0.1) is 6.20 Å². The lowest BCUT2D eigenvalue weighted by Crippen LogP contribution is -2.22. The maximum atomic E-state index is 11.6. The van der Waals surface area contributed by atoms with Crippen LogP contribution in [-0.2, 0) is 11.2 Å². The third kappa shape index (κ3) is 2.20. The maximum absolute atomic E-state index is 11.6. The van der Waals surface area contributed by atoms with Crippen LogP contribution in [0.5, 0.6) is 0 Å². The number of carbonyl (C=O) groups is 1. The zero-order chi connectivity index (χ0) is 13.3. The molecule has 0 spiro atoms. The summed E-state index contributed by atoms with van der Waals surface area (Å²) in [7, 11) is 3.55. The fourth-order valence-corrected chi connectivity index (χ4v) is 2.09. The van der Waals surface area contributed by atoms with E-state index in [4.69, 9.17) is 0 Å². The van der Waals surface area contributed by atoms with Gasteiger partial charge in [0.15, 0.2) is 5.65 Å². The minimum atomic E-state index is 0.134. The van der Waals surface area contributed by atoms with Crippen molar-refractivity contribution in [2.24, 2.45) is 0 Å². The van der Waals surface area contributed by atoms with Gasteiger partial charge in [-0.3, -0.25) is 4.79 Å². The Morgan fingerprint density at radius 2 is 2.11 bits per heavy atom. The lowest BCUT2D eigenvalue weighted by atomic mass is 10.1. The van der Waals surface area contributed by atoms with Gasteiger partial charge in [0.25, 0.3) is 0 Å². The molecule has 0 saturated heterocycles. The lowest BCUT2D eigenvalue weighted by Gasteiger charge is -2.13. The summed E-state index contributed by atoms with van der Waals surface area (Å²) in [4.78, 5) is 17.7. The van der Waals surface area contributed by atoms with Gasteiger partial charge in [-0.25, -0.2) is 9.50 Å². The molecule has 0 aliphatic heterocycles. The van der Waals surface area contributed by atoms with Gasteiger partial charge in [-0.05, 0) is 25.8 Å². The van der Waals surface area contributed by atoms with Crippen LogP contribution in [0.2, 0.25) is 0 Å². The Bertz CT molecular complexity index is 586. The molecule has 0 aliphatic rings. The Morgan fingerprint density at radius 1 is 1.39 bits per heavy atom. The third-order valence-corrected chi connectivity index (χ3v) is 3.18. The molecular weight excluding hydrogens is 228 g/mol. The molecule has 0 atom stereocenters. The van der Waals surface area contributed by atoms with Crippen LogP contribution in [0.25, 0.3) is 5.65 Å². The average Bonchev–Trinajstić information content (AvgIpc) is 2.76. The van der Waals surface area contributed by atoms with Crippen molar-refractivity contribution in [1.29, 1.82) is 0 Å². The molecule has 0 bridgehead atoms. The van der Waals surface area contributed by atoms with Crippen LogP contribution in [0.1, 0.15) is 23.4 Å². The van der Waals surface area contributed by atoms with Gasteiger partial charge in [0.1, 0.15) is 0 Å².